The van der Waals surface area contributed by atoms with Gasteiger partial charge >= 0.3 is 0 Å². The molecule has 55 heavy (non-hydrogen) atoms. The molecule has 0 saturated carbocycles. The molecule has 9 aromatic carbocycles. The molecule has 3 aliphatic carbocycles. The minimum atomic E-state index is -0.532. The standard InChI is InChI=1S/C54H32O/c1-2-7-38-30-49-47(28-37(38)6-1)54-43(12-5-13-48(54)55-49)41-25-22-39(40-23-18-35-16-14-31-8-3-10-33-20-26-44(40)52(35)50(31)33)29-46(41)42-24-19-36-17-15-32-9-4-11-34-21-27-45(42)53(36)51(32)34/h1-30,35,52H/i1D,2D,5D,6D,7D,12D,13D,28D,30D. The molecule has 0 saturated heterocycles. The highest BCUT2D eigenvalue weighted by Crippen LogP contribution is 2.52. The summed E-state index contributed by atoms with van der Waals surface area (Å²) in [5, 5.41) is 6.46. The van der Waals surface area contributed by atoms with Gasteiger partial charge in [-0.25, -0.2) is 0 Å². The first-order chi connectivity index (χ1) is 31.0. The first kappa shape index (κ1) is 22.3. The molecule has 2 atom stereocenters. The third-order valence-corrected chi connectivity index (χ3v) is 12.1. The third-order valence-electron chi connectivity index (χ3n) is 12.1. The molecule has 10 aromatic rings. The number of allylic oxidation sites excluding steroid dienone is 6. The van der Waals surface area contributed by atoms with Crippen LogP contribution in [0.15, 0.2) is 180 Å². The molecule has 1 heteroatoms. The van der Waals surface area contributed by atoms with Crippen LogP contribution < -0.4 is 0 Å². The van der Waals surface area contributed by atoms with Gasteiger partial charge in [0.15, 0.2) is 0 Å². The predicted octanol–water partition coefficient (Wildman–Crippen LogP) is 14.7. The van der Waals surface area contributed by atoms with Crippen LogP contribution in [0.25, 0.3) is 105 Å². The van der Waals surface area contributed by atoms with E-state index in [2.05, 4.69) is 115 Å². The molecule has 0 amide bonds. The Labute approximate surface area is 330 Å². The van der Waals surface area contributed by atoms with Gasteiger partial charge in [0.25, 0.3) is 0 Å². The van der Waals surface area contributed by atoms with Crippen molar-refractivity contribution in [1.82, 2.24) is 0 Å². The Bertz CT molecular complexity index is 3950. The van der Waals surface area contributed by atoms with Gasteiger partial charge in [-0.2, -0.15) is 0 Å². The summed E-state index contributed by atoms with van der Waals surface area (Å²) in [7, 11) is 0. The van der Waals surface area contributed by atoms with Gasteiger partial charge in [0.2, 0.25) is 0 Å². The van der Waals surface area contributed by atoms with Crippen LogP contribution >= 0.6 is 0 Å². The molecule has 254 valence electrons. The van der Waals surface area contributed by atoms with Gasteiger partial charge in [0.05, 0.1) is 12.3 Å². The summed E-state index contributed by atoms with van der Waals surface area (Å²) in [6, 6.07) is 28.0. The Hall–Kier alpha value is -6.96. The van der Waals surface area contributed by atoms with Crippen LogP contribution in [0.3, 0.4) is 0 Å². The van der Waals surface area contributed by atoms with Crippen molar-refractivity contribution in [3.63, 3.8) is 0 Å². The number of rotatable bonds is 3. The van der Waals surface area contributed by atoms with E-state index in [9.17, 15) is 4.11 Å². The largest absolute Gasteiger partial charge is 0.456 e. The number of hydrogen-bond donors (Lipinski definition) is 0. The van der Waals surface area contributed by atoms with E-state index in [1.807, 2.05) is 12.1 Å². The molecule has 0 spiro atoms. The highest BCUT2D eigenvalue weighted by atomic mass is 16.3. The minimum absolute atomic E-state index is 0.0540. The molecule has 3 aliphatic rings. The van der Waals surface area contributed by atoms with Gasteiger partial charge in [0, 0.05) is 22.6 Å². The van der Waals surface area contributed by atoms with Crippen LogP contribution in [0.2, 0.25) is 0 Å². The van der Waals surface area contributed by atoms with Gasteiger partial charge in [0.1, 0.15) is 11.2 Å². The molecule has 13 rings (SSSR count). The Morgan fingerprint density at radius 3 is 2.13 bits per heavy atom. The zero-order valence-electron chi connectivity index (χ0n) is 38.2. The van der Waals surface area contributed by atoms with Crippen LogP contribution in [0.4, 0.5) is 0 Å². The molecule has 1 aromatic heterocycles. The van der Waals surface area contributed by atoms with Crippen LogP contribution in [-0.2, 0) is 0 Å². The topological polar surface area (TPSA) is 13.1 Å². The van der Waals surface area contributed by atoms with E-state index >= 15 is 0 Å². The van der Waals surface area contributed by atoms with Crippen LogP contribution in [0.5, 0.6) is 0 Å². The summed E-state index contributed by atoms with van der Waals surface area (Å²) in [5.74, 6) is 0.337. The van der Waals surface area contributed by atoms with Gasteiger partial charge in [-0.05, 0) is 123 Å². The highest BCUT2D eigenvalue weighted by Gasteiger charge is 2.34. The maximum atomic E-state index is 9.66. The molecule has 0 bridgehead atoms. The van der Waals surface area contributed by atoms with E-state index in [0.29, 0.717) is 5.56 Å². The summed E-state index contributed by atoms with van der Waals surface area (Å²) in [5.41, 5.74) is 9.18. The average molecular weight is 706 g/mol. The number of fused-ring (bicyclic) bond motifs is 4. The van der Waals surface area contributed by atoms with Crippen molar-refractivity contribution in [1.29, 1.82) is 0 Å². The van der Waals surface area contributed by atoms with E-state index < -0.39 is 30.2 Å². The lowest BCUT2D eigenvalue weighted by atomic mass is 9.67. The number of furan rings is 1. The molecule has 0 radical (unpaired) electrons. The van der Waals surface area contributed by atoms with E-state index in [1.165, 1.54) is 22.3 Å². The summed E-state index contributed by atoms with van der Waals surface area (Å²) in [6.07, 6.45) is 13.4. The summed E-state index contributed by atoms with van der Waals surface area (Å²) >= 11 is 0. The molecule has 1 heterocycles. The fraction of sp³-hybridized carbons (Fsp3) is 0.0370. The molecule has 0 N–H and O–H groups in total. The summed E-state index contributed by atoms with van der Waals surface area (Å²) in [4.78, 5) is 0. The molecular formula is C54H32O. The van der Waals surface area contributed by atoms with E-state index in [0.717, 1.165) is 54.6 Å². The maximum absolute atomic E-state index is 9.66. The SMILES string of the molecule is [2H]c1c([2H])c(-c2ccc(C3=C4C=Cc5cccc6c5C4C(C=C3)C=C6)cc2-c2ccc3ccc4cccc5ccc2c3c45)c2c(oc3c([2H])c4c([2H])c([2H])c([2H])c([2H])c4c([2H])c32)c1[2H]. The fourth-order valence-corrected chi connectivity index (χ4v) is 9.66. The Balaban J connectivity index is 1.16. The first-order valence-corrected chi connectivity index (χ1v) is 18.6. The average Bonchev–Trinajstić information content (AvgIpc) is 3.73. The second-order valence-electron chi connectivity index (χ2n) is 14.8. The van der Waals surface area contributed by atoms with Crippen molar-refractivity contribution < 1.29 is 16.8 Å². The summed E-state index contributed by atoms with van der Waals surface area (Å²) in [6.45, 7) is 0. The minimum Gasteiger partial charge on any atom is -0.456 e. The monoisotopic (exact) mass is 705 g/mol. The summed E-state index contributed by atoms with van der Waals surface area (Å²) < 4.78 is 87.5. The molecular weight excluding hydrogens is 665 g/mol. The van der Waals surface area contributed by atoms with Crippen LogP contribution in [0, 0.1) is 5.92 Å². The van der Waals surface area contributed by atoms with E-state index in [1.54, 1.807) is 0 Å². The lowest BCUT2D eigenvalue weighted by Crippen LogP contribution is -2.21. The maximum Gasteiger partial charge on any atom is 0.136 e. The van der Waals surface area contributed by atoms with Gasteiger partial charge in [-0.15, -0.1) is 0 Å². The van der Waals surface area contributed by atoms with Crippen molar-refractivity contribution in [3.05, 3.63) is 198 Å². The Kier molecular flexibility index (Phi) is 4.38. The zero-order valence-corrected chi connectivity index (χ0v) is 29.2. The van der Waals surface area contributed by atoms with Crippen molar-refractivity contribution in [2.24, 2.45) is 5.92 Å². The lowest BCUT2D eigenvalue weighted by molar-refractivity contribution is 0.667. The van der Waals surface area contributed by atoms with Gasteiger partial charge in [-0.1, -0.05) is 158 Å². The van der Waals surface area contributed by atoms with E-state index in [4.69, 9.17) is 12.6 Å². The zero-order chi connectivity index (χ0) is 43.6. The molecule has 0 aliphatic heterocycles. The molecule has 0 fully saturated rings. The normalized spacial score (nSPS) is 19.5. The van der Waals surface area contributed by atoms with Crippen molar-refractivity contribution in [2.45, 2.75) is 5.92 Å². The van der Waals surface area contributed by atoms with Crippen molar-refractivity contribution in [2.75, 3.05) is 0 Å². The number of benzene rings is 9. The predicted molar refractivity (Wildman–Crippen MR) is 233 cm³/mol. The van der Waals surface area contributed by atoms with E-state index in [-0.39, 0.29) is 74.3 Å². The van der Waals surface area contributed by atoms with Crippen molar-refractivity contribution >= 4 is 82.8 Å². The quantitative estimate of drug-likeness (QED) is 0.167. The van der Waals surface area contributed by atoms with Gasteiger partial charge < -0.3 is 4.42 Å². The van der Waals surface area contributed by atoms with Crippen molar-refractivity contribution in [3.8, 4) is 22.3 Å². The molecule has 1 nitrogen and oxygen atoms in total. The third kappa shape index (κ3) is 4.07. The molecule has 2 unspecified atom stereocenters. The second kappa shape index (κ2) is 10.8. The second-order valence-corrected chi connectivity index (χ2v) is 14.8. The smallest absolute Gasteiger partial charge is 0.136 e. The van der Waals surface area contributed by atoms with Gasteiger partial charge in [-0.3, -0.25) is 0 Å². The fourth-order valence-electron chi connectivity index (χ4n) is 9.66. The highest BCUT2D eigenvalue weighted by molar-refractivity contribution is 6.26. The van der Waals surface area contributed by atoms with Crippen LogP contribution in [0.1, 0.15) is 40.5 Å². The lowest BCUT2D eigenvalue weighted by Gasteiger charge is -2.37. The Morgan fingerprint density at radius 2 is 1.24 bits per heavy atom. The number of hydrogen-bond acceptors (Lipinski definition) is 1. The Morgan fingerprint density at radius 1 is 0.491 bits per heavy atom. The van der Waals surface area contributed by atoms with Crippen LogP contribution in [-0.4, -0.2) is 0 Å². The first-order valence-electron chi connectivity index (χ1n) is 23.1.